The van der Waals surface area contributed by atoms with E-state index in [1.165, 1.54) is 6.07 Å². The lowest BCUT2D eigenvalue weighted by molar-refractivity contribution is 0.0952. The first kappa shape index (κ1) is 16.2. The number of hydrogen-bond acceptors (Lipinski definition) is 3. The highest BCUT2D eigenvalue weighted by Crippen LogP contribution is 2.23. The van der Waals surface area contributed by atoms with Gasteiger partial charge in [0.1, 0.15) is 5.56 Å². The lowest BCUT2D eigenvalue weighted by Crippen LogP contribution is -2.29. The highest BCUT2D eigenvalue weighted by Gasteiger charge is 2.25. The number of carbonyl (C=O) groups excluding carboxylic acids is 2. The number of ketones is 1. The van der Waals surface area contributed by atoms with Gasteiger partial charge in [-0.3, -0.25) is 14.4 Å². The Labute approximate surface area is 140 Å². The second-order valence-electron chi connectivity index (χ2n) is 6.59. The zero-order valence-electron chi connectivity index (χ0n) is 14.0. The molecule has 0 unspecified atom stereocenters. The fourth-order valence-corrected chi connectivity index (χ4v) is 3.01. The van der Waals surface area contributed by atoms with Gasteiger partial charge in [0.15, 0.2) is 5.78 Å². The lowest BCUT2D eigenvalue weighted by atomic mass is 9.86. The predicted octanol–water partition coefficient (Wildman–Crippen LogP) is 3.01. The quantitative estimate of drug-likeness (QED) is 0.891. The van der Waals surface area contributed by atoms with Gasteiger partial charge >= 0.3 is 0 Å². The smallest absolute Gasteiger partial charge is 0.261 e. The maximum atomic E-state index is 12.4. The number of aryl methyl sites for hydroxylation is 2. The molecule has 124 valence electrons. The minimum absolute atomic E-state index is 0.0276. The highest BCUT2D eigenvalue weighted by molar-refractivity contribution is 6.06. The molecule has 5 heteroatoms. The normalized spacial score (nSPS) is 16.6. The maximum absolute atomic E-state index is 12.4. The van der Waals surface area contributed by atoms with E-state index < -0.39 is 11.5 Å². The SMILES string of the molecule is Cc1ccc(NC(=O)c2cc3c([nH]c2=O)C[C@@H](C)CC3=O)cc1C. The summed E-state index contributed by atoms with van der Waals surface area (Å²) in [5, 5.41) is 2.73. The van der Waals surface area contributed by atoms with Crippen LogP contribution in [0.25, 0.3) is 0 Å². The fraction of sp³-hybridized carbons (Fsp3) is 0.316. The second-order valence-corrected chi connectivity index (χ2v) is 6.59. The van der Waals surface area contributed by atoms with Crippen LogP contribution in [0.2, 0.25) is 0 Å². The van der Waals surface area contributed by atoms with E-state index in [1.54, 1.807) is 6.07 Å². The van der Waals surface area contributed by atoms with Crippen molar-refractivity contribution >= 4 is 17.4 Å². The molecule has 0 bridgehead atoms. The molecule has 0 radical (unpaired) electrons. The molecule has 0 spiro atoms. The number of Topliss-reactive ketones (excluding diaryl/α,β-unsaturated/α-hetero) is 1. The van der Waals surface area contributed by atoms with Crippen LogP contribution < -0.4 is 10.9 Å². The topological polar surface area (TPSA) is 79.0 Å². The van der Waals surface area contributed by atoms with Gasteiger partial charge in [-0.2, -0.15) is 0 Å². The molecule has 1 heterocycles. The molecule has 1 aliphatic rings. The molecule has 1 aliphatic carbocycles. The van der Waals surface area contributed by atoms with Crippen LogP contribution in [-0.2, 0) is 6.42 Å². The largest absolute Gasteiger partial charge is 0.325 e. The molecular formula is C19H20N2O3. The number of aromatic amines is 1. The Balaban J connectivity index is 1.93. The third-order valence-corrected chi connectivity index (χ3v) is 4.52. The minimum Gasteiger partial charge on any atom is -0.325 e. The van der Waals surface area contributed by atoms with Gasteiger partial charge in [0.25, 0.3) is 11.5 Å². The number of carbonyl (C=O) groups is 2. The Hall–Kier alpha value is -2.69. The molecule has 1 aromatic carbocycles. The van der Waals surface area contributed by atoms with E-state index in [4.69, 9.17) is 0 Å². The van der Waals surface area contributed by atoms with E-state index in [0.717, 1.165) is 11.1 Å². The first-order valence-electron chi connectivity index (χ1n) is 8.03. The molecule has 1 atom stereocenters. The number of rotatable bonds is 2. The lowest BCUT2D eigenvalue weighted by Gasteiger charge is -2.20. The molecule has 0 fully saturated rings. The van der Waals surface area contributed by atoms with Crippen molar-refractivity contribution < 1.29 is 9.59 Å². The van der Waals surface area contributed by atoms with E-state index >= 15 is 0 Å². The van der Waals surface area contributed by atoms with Gasteiger partial charge < -0.3 is 10.3 Å². The fourth-order valence-electron chi connectivity index (χ4n) is 3.01. The Morgan fingerprint density at radius 2 is 1.88 bits per heavy atom. The molecule has 5 nitrogen and oxygen atoms in total. The van der Waals surface area contributed by atoms with Crippen molar-refractivity contribution in [2.45, 2.75) is 33.6 Å². The van der Waals surface area contributed by atoms with Crippen molar-refractivity contribution in [3.63, 3.8) is 0 Å². The summed E-state index contributed by atoms with van der Waals surface area (Å²) in [5.74, 6) is -0.329. The molecule has 0 aliphatic heterocycles. The van der Waals surface area contributed by atoms with Crippen LogP contribution in [0.5, 0.6) is 0 Å². The zero-order valence-corrected chi connectivity index (χ0v) is 14.0. The summed E-state index contributed by atoms with van der Waals surface area (Å²) >= 11 is 0. The van der Waals surface area contributed by atoms with E-state index in [2.05, 4.69) is 10.3 Å². The van der Waals surface area contributed by atoms with E-state index in [0.29, 0.717) is 29.8 Å². The average Bonchev–Trinajstić information content (AvgIpc) is 2.50. The summed E-state index contributed by atoms with van der Waals surface area (Å²) in [6, 6.07) is 6.98. The summed E-state index contributed by atoms with van der Waals surface area (Å²) < 4.78 is 0. The van der Waals surface area contributed by atoms with Crippen LogP contribution in [0.1, 0.15) is 50.9 Å². The van der Waals surface area contributed by atoms with Crippen molar-refractivity contribution in [1.82, 2.24) is 4.98 Å². The van der Waals surface area contributed by atoms with E-state index in [9.17, 15) is 14.4 Å². The third-order valence-electron chi connectivity index (χ3n) is 4.52. The average molecular weight is 324 g/mol. The van der Waals surface area contributed by atoms with Gasteiger partial charge in [-0.25, -0.2) is 0 Å². The Morgan fingerprint density at radius 3 is 2.58 bits per heavy atom. The van der Waals surface area contributed by atoms with Crippen molar-refractivity contribution in [3.8, 4) is 0 Å². The van der Waals surface area contributed by atoms with Gasteiger partial charge in [0.05, 0.1) is 0 Å². The number of anilines is 1. The van der Waals surface area contributed by atoms with Crippen LogP contribution in [-0.4, -0.2) is 16.7 Å². The van der Waals surface area contributed by atoms with Gasteiger partial charge in [-0.1, -0.05) is 13.0 Å². The summed E-state index contributed by atoms with van der Waals surface area (Å²) in [4.78, 5) is 39.6. The van der Waals surface area contributed by atoms with E-state index in [-0.39, 0.29) is 17.3 Å². The van der Waals surface area contributed by atoms with Gasteiger partial charge in [0.2, 0.25) is 0 Å². The highest BCUT2D eigenvalue weighted by atomic mass is 16.2. The molecule has 2 N–H and O–H groups in total. The van der Waals surface area contributed by atoms with Crippen LogP contribution in [0, 0.1) is 19.8 Å². The number of aromatic nitrogens is 1. The Morgan fingerprint density at radius 1 is 1.12 bits per heavy atom. The van der Waals surface area contributed by atoms with Gasteiger partial charge in [0, 0.05) is 23.4 Å². The van der Waals surface area contributed by atoms with Gasteiger partial charge in [-0.05, 0) is 55.5 Å². The number of fused-ring (bicyclic) bond motifs is 1. The molecule has 24 heavy (non-hydrogen) atoms. The monoisotopic (exact) mass is 324 g/mol. The van der Waals surface area contributed by atoms with Crippen LogP contribution >= 0.6 is 0 Å². The standard InChI is InChI=1S/C19H20N2O3/c1-10-6-16-14(17(22)7-10)9-15(19(24)21-16)18(23)20-13-5-4-11(2)12(3)8-13/h4-5,8-10H,6-7H2,1-3H3,(H,20,23)(H,21,24)/t10-/m1/s1. The molecule has 1 amide bonds. The molecular weight excluding hydrogens is 304 g/mol. The van der Waals surface area contributed by atoms with Crippen molar-refractivity contribution in [2.75, 3.05) is 5.32 Å². The number of hydrogen-bond donors (Lipinski definition) is 2. The third kappa shape index (κ3) is 3.02. The number of amides is 1. The number of H-pyrrole nitrogens is 1. The summed E-state index contributed by atoms with van der Waals surface area (Å²) in [6.07, 6.45) is 1.09. The maximum Gasteiger partial charge on any atom is 0.261 e. The minimum atomic E-state index is -0.506. The summed E-state index contributed by atoms with van der Waals surface area (Å²) in [7, 11) is 0. The number of benzene rings is 1. The molecule has 1 aromatic heterocycles. The van der Waals surface area contributed by atoms with Crippen LogP contribution in [0.3, 0.4) is 0 Å². The molecule has 3 rings (SSSR count). The van der Waals surface area contributed by atoms with Crippen molar-refractivity contribution in [1.29, 1.82) is 0 Å². The Kier molecular flexibility index (Phi) is 4.09. The number of nitrogens with one attached hydrogen (secondary N) is 2. The van der Waals surface area contributed by atoms with Crippen LogP contribution in [0.15, 0.2) is 29.1 Å². The molecule has 2 aromatic rings. The summed E-state index contributed by atoms with van der Waals surface area (Å²) in [6.45, 7) is 5.91. The first-order chi connectivity index (χ1) is 11.3. The summed E-state index contributed by atoms with van der Waals surface area (Å²) in [5.41, 5.74) is 3.40. The molecule has 0 saturated heterocycles. The van der Waals surface area contributed by atoms with Crippen molar-refractivity contribution in [2.24, 2.45) is 5.92 Å². The zero-order chi connectivity index (χ0) is 17.4. The molecule has 0 saturated carbocycles. The Bertz CT molecular complexity index is 896. The second kappa shape index (κ2) is 6.07. The van der Waals surface area contributed by atoms with Crippen LogP contribution in [0.4, 0.5) is 5.69 Å². The first-order valence-corrected chi connectivity index (χ1v) is 8.03. The number of pyridine rings is 1. The van der Waals surface area contributed by atoms with Crippen molar-refractivity contribution in [3.05, 3.63) is 62.6 Å². The van der Waals surface area contributed by atoms with E-state index in [1.807, 2.05) is 32.9 Å². The van der Waals surface area contributed by atoms with Gasteiger partial charge in [-0.15, -0.1) is 0 Å². The predicted molar refractivity (Wildman–Crippen MR) is 92.7 cm³/mol.